The maximum absolute atomic E-state index is 13.2. The van der Waals surface area contributed by atoms with Crippen LogP contribution < -0.4 is 10.6 Å². The third-order valence-corrected chi connectivity index (χ3v) is 1.94. The van der Waals surface area contributed by atoms with Gasteiger partial charge in [-0.3, -0.25) is 14.4 Å². The lowest BCUT2D eigenvalue weighted by atomic mass is 10.2. The van der Waals surface area contributed by atoms with Gasteiger partial charge in [-0.1, -0.05) is 0 Å². The van der Waals surface area contributed by atoms with Crippen LogP contribution in [0.25, 0.3) is 0 Å². The van der Waals surface area contributed by atoms with Crippen molar-refractivity contribution >= 4 is 17.8 Å². The number of carbonyl (C=O) groups is 3. The highest BCUT2D eigenvalue weighted by Gasteiger charge is 2.16. The average molecular weight is 273 g/mol. The molecule has 0 aliphatic carbocycles. The van der Waals surface area contributed by atoms with Gasteiger partial charge in [0.1, 0.15) is 6.54 Å². The lowest BCUT2D eigenvalue weighted by Crippen LogP contribution is -2.39. The van der Waals surface area contributed by atoms with Crippen molar-refractivity contribution < 1.29 is 28.3 Å². The summed E-state index contributed by atoms with van der Waals surface area (Å²) in [7, 11) is 0. The minimum atomic E-state index is -1.43. The van der Waals surface area contributed by atoms with Crippen LogP contribution in [0.4, 0.5) is 8.78 Å². The quantitative estimate of drug-likeness (QED) is 0.614. The van der Waals surface area contributed by atoms with Crippen molar-refractivity contribution in [2.75, 3.05) is 13.1 Å². The molecule has 0 bridgehead atoms. The Morgan fingerprint density at radius 1 is 1.21 bits per heavy atom. The molecule has 7 nitrogen and oxygen atoms in total. The Labute approximate surface area is 105 Å². The molecule has 0 spiro atoms. The molecule has 0 aliphatic heterocycles. The van der Waals surface area contributed by atoms with Crippen molar-refractivity contribution in [3.05, 3.63) is 29.6 Å². The predicted molar refractivity (Wildman–Crippen MR) is 57.1 cm³/mol. The molecule has 0 radical (unpaired) electrons. The number of carbonyl (C=O) groups excluding carboxylic acids is 2. The zero-order valence-corrected chi connectivity index (χ0v) is 9.44. The van der Waals surface area contributed by atoms with Gasteiger partial charge in [0.2, 0.25) is 11.9 Å². The lowest BCUT2D eigenvalue weighted by molar-refractivity contribution is -0.137. The van der Waals surface area contributed by atoms with E-state index in [4.69, 9.17) is 5.11 Å². The van der Waals surface area contributed by atoms with E-state index in [1.807, 2.05) is 10.6 Å². The largest absolute Gasteiger partial charge is 0.480 e. The van der Waals surface area contributed by atoms with Gasteiger partial charge in [0.25, 0.3) is 5.91 Å². The first-order chi connectivity index (χ1) is 8.91. The van der Waals surface area contributed by atoms with Gasteiger partial charge in [-0.25, -0.2) is 9.37 Å². The predicted octanol–water partition coefficient (Wildman–Crippen LogP) is -0.710. The minimum Gasteiger partial charge on any atom is -0.480 e. The third kappa shape index (κ3) is 4.30. The van der Waals surface area contributed by atoms with Crippen LogP contribution in [0, 0.1) is 11.8 Å². The molecule has 1 aromatic rings. The molecule has 0 saturated heterocycles. The number of nitrogens with one attached hydrogen (secondary N) is 2. The Kier molecular flexibility index (Phi) is 4.86. The van der Waals surface area contributed by atoms with Crippen molar-refractivity contribution in [3.63, 3.8) is 0 Å². The standard InChI is InChI=1S/C10H9F2N3O4/c11-8-5(1-2-13-9(8)12)10(19)15-3-6(16)14-4-7(17)18/h1-2H,3-4H2,(H,14,16)(H,15,19)(H,17,18). The Bertz CT molecular complexity index is 521. The van der Waals surface area contributed by atoms with E-state index in [1.165, 1.54) is 0 Å². The van der Waals surface area contributed by atoms with Gasteiger partial charge in [-0.05, 0) is 6.07 Å². The van der Waals surface area contributed by atoms with Crippen LogP contribution in [0.1, 0.15) is 10.4 Å². The minimum absolute atomic E-state index is 0.560. The fraction of sp³-hybridized carbons (Fsp3) is 0.200. The van der Waals surface area contributed by atoms with E-state index in [0.717, 1.165) is 12.3 Å². The molecule has 0 unspecified atom stereocenters. The van der Waals surface area contributed by atoms with Crippen molar-refractivity contribution in [1.29, 1.82) is 0 Å². The summed E-state index contributed by atoms with van der Waals surface area (Å²) in [6.07, 6.45) is 0.901. The molecular weight excluding hydrogens is 264 g/mol. The number of halogens is 2. The number of amides is 2. The molecule has 0 aromatic carbocycles. The monoisotopic (exact) mass is 273 g/mol. The second-order valence-corrected chi connectivity index (χ2v) is 3.32. The van der Waals surface area contributed by atoms with Gasteiger partial charge in [-0.2, -0.15) is 4.39 Å². The molecule has 0 saturated carbocycles. The summed E-state index contributed by atoms with van der Waals surface area (Å²) in [5.41, 5.74) is -0.599. The fourth-order valence-electron chi connectivity index (χ4n) is 1.09. The summed E-state index contributed by atoms with van der Waals surface area (Å²) in [4.78, 5) is 35.6. The summed E-state index contributed by atoms with van der Waals surface area (Å²) >= 11 is 0. The number of aromatic nitrogens is 1. The van der Waals surface area contributed by atoms with E-state index in [1.54, 1.807) is 0 Å². The maximum atomic E-state index is 13.2. The number of rotatable bonds is 5. The van der Waals surface area contributed by atoms with E-state index >= 15 is 0 Å². The van der Waals surface area contributed by atoms with E-state index in [2.05, 4.69) is 4.98 Å². The SMILES string of the molecule is O=C(O)CNC(=O)CNC(=O)c1ccnc(F)c1F. The van der Waals surface area contributed by atoms with Gasteiger partial charge >= 0.3 is 5.97 Å². The van der Waals surface area contributed by atoms with Crippen LogP contribution in [0.2, 0.25) is 0 Å². The molecule has 102 valence electrons. The van der Waals surface area contributed by atoms with Crippen LogP contribution >= 0.6 is 0 Å². The number of carboxylic acid groups (broad SMARTS) is 1. The Morgan fingerprint density at radius 2 is 1.89 bits per heavy atom. The molecule has 0 aliphatic rings. The zero-order chi connectivity index (χ0) is 14.4. The maximum Gasteiger partial charge on any atom is 0.322 e. The van der Waals surface area contributed by atoms with Crippen molar-refractivity contribution in [2.24, 2.45) is 0 Å². The molecule has 1 heterocycles. The Hall–Kier alpha value is -2.58. The number of pyridine rings is 1. The molecule has 3 N–H and O–H groups in total. The van der Waals surface area contributed by atoms with Crippen LogP contribution in [-0.2, 0) is 9.59 Å². The van der Waals surface area contributed by atoms with Crippen LogP contribution in [0.3, 0.4) is 0 Å². The topological polar surface area (TPSA) is 108 Å². The number of hydrogen-bond donors (Lipinski definition) is 3. The van der Waals surface area contributed by atoms with E-state index in [-0.39, 0.29) is 0 Å². The van der Waals surface area contributed by atoms with Gasteiger partial charge in [0.05, 0.1) is 12.1 Å². The summed E-state index contributed by atoms with van der Waals surface area (Å²) in [6, 6.07) is 0.947. The van der Waals surface area contributed by atoms with Gasteiger partial charge < -0.3 is 15.7 Å². The molecule has 19 heavy (non-hydrogen) atoms. The first-order valence-corrected chi connectivity index (χ1v) is 4.98. The first kappa shape index (κ1) is 14.5. The number of hydrogen-bond acceptors (Lipinski definition) is 4. The first-order valence-electron chi connectivity index (χ1n) is 4.98. The van der Waals surface area contributed by atoms with E-state index in [9.17, 15) is 23.2 Å². The average Bonchev–Trinajstić information content (AvgIpc) is 2.36. The summed E-state index contributed by atoms with van der Waals surface area (Å²) in [5.74, 6) is -5.88. The Balaban J connectivity index is 2.54. The molecule has 1 rings (SSSR count). The molecule has 0 fully saturated rings. The summed E-state index contributed by atoms with van der Waals surface area (Å²) in [6.45, 7) is -1.16. The van der Waals surface area contributed by atoms with Gasteiger partial charge in [-0.15, -0.1) is 0 Å². The van der Waals surface area contributed by atoms with Crippen molar-refractivity contribution in [3.8, 4) is 0 Å². The van der Waals surface area contributed by atoms with Crippen molar-refractivity contribution in [2.45, 2.75) is 0 Å². The highest BCUT2D eigenvalue weighted by molar-refractivity contribution is 5.96. The second kappa shape index (κ2) is 6.38. The van der Waals surface area contributed by atoms with E-state index < -0.39 is 48.2 Å². The number of nitrogens with zero attached hydrogens (tertiary/aromatic N) is 1. The van der Waals surface area contributed by atoms with Crippen LogP contribution in [-0.4, -0.2) is 41.0 Å². The Morgan fingerprint density at radius 3 is 2.53 bits per heavy atom. The van der Waals surface area contributed by atoms with Crippen LogP contribution in [0.15, 0.2) is 12.3 Å². The summed E-state index contributed by atoms with van der Waals surface area (Å²) in [5, 5.41) is 12.3. The van der Waals surface area contributed by atoms with Crippen LogP contribution in [0.5, 0.6) is 0 Å². The van der Waals surface area contributed by atoms with E-state index in [0.29, 0.717) is 0 Å². The lowest BCUT2D eigenvalue weighted by Gasteiger charge is -2.06. The fourth-order valence-corrected chi connectivity index (χ4v) is 1.09. The highest BCUT2D eigenvalue weighted by atomic mass is 19.2. The smallest absolute Gasteiger partial charge is 0.322 e. The van der Waals surface area contributed by atoms with Gasteiger partial charge in [0.15, 0.2) is 5.82 Å². The molecule has 2 amide bonds. The molecule has 9 heteroatoms. The second-order valence-electron chi connectivity index (χ2n) is 3.32. The summed E-state index contributed by atoms with van der Waals surface area (Å²) < 4.78 is 25.9. The normalized spacial score (nSPS) is 9.79. The van der Waals surface area contributed by atoms with Gasteiger partial charge in [0, 0.05) is 6.20 Å². The zero-order valence-electron chi connectivity index (χ0n) is 9.44. The number of aliphatic carboxylic acids is 1. The molecule has 0 atom stereocenters. The number of carboxylic acids is 1. The molecule has 1 aromatic heterocycles. The molecular formula is C10H9F2N3O4. The van der Waals surface area contributed by atoms with Crippen molar-refractivity contribution in [1.82, 2.24) is 15.6 Å². The highest BCUT2D eigenvalue weighted by Crippen LogP contribution is 2.08. The third-order valence-electron chi connectivity index (χ3n) is 1.94.